The third kappa shape index (κ3) is 5.67. The molecule has 0 spiro atoms. The molecule has 0 aromatic carbocycles. The molecular weight excluding hydrogens is 134 g/mol. The second-order valence-electron chi connectivity index (χ2n) is 0.824. The lowest BCUT2D eigenvalue weighted by molar-refractivity contribution is -0.284. The van der Waals surface area contributed by atoms with Crippen molar-refractivity contribution in [3.8, 4) is 0 Å². The molecule has 0 unspecified atom stereocenters. The normalized spacial score (nSPS) is 11.6. The first kappa shape index (κ1) is 7.67. The number of hydrogen-bond donors (Lipinski definition) is 0. The van der Waals surface area contributed by atoms with E-state index >= 15 is 0 Å². The minimum atomic E-state index is -5.23. The molecule has 0 saturated carbocycles. The summed E-state index contributed by atoms with van der Waals surface area (Å²) < 4.78 is 55.1. The summed E-state index contributed by atoms with van der Waals surface area (Å²) in [5, 5.41) is 0. The van der Waals surface area contributed by atoms with Crippen LogP contribution in [0.4, 0.5) is 21.8 Å². The summed E-state index contributed by atoms with van der Waals surface area (Å²) in [6, 6.07) is 0. The van der Waals surface area contributed by atoms with E-state index in [0.717, 1.165) is 0 Å². The molecule has 0 atom stereocenters. The van der Waals surface area contributed by atoms with E-state index in [1.54, 1.807) is 0 Å². The third-order valence-corrected chi connectivity index (χ3v) is 0.223. The van der Waals surface area contributed by atoms with Crippen molar-refractivity contribution in [2.75, 3.05) is 0 Å². The second kappa shape index (κ2) is 2.30. The summed E-state index contributed by atoms with van der Waals surface area (Å²) in [6.07, 6.45) is -5.23. The van der Waals surface area contributed by atoms with Gasteiger partial charge in [-0.25, -0.2) is 0 Å². The zero-order valence-electron chi connectivity index (χ0n) is 3.38. The Kier molecular flexibility index (Phi) is 2.20. The van der Waals surface area contributed by atoms with Crippen molar-refractivity contribution in [2.24, 2.45) is 0 Å². The molecular formula is CBF5O. The molecule has 0 rings (SSSR count). The molecule has 0 aromatic rings. The number of hydrogen-bond acceptors (Lipinski definition) is 1. The maximum absolute atomic E-state index is 10.6. The summed E-state index contributed by atoms with van der Waals surface area (Å²) in [4.78, 5) is 0. The summed E-state index contributed by atoms with van der Waals surface area (Å²) in [7, 11) is -3.78. The molecule has 0 aliphatic heterocycles. The van der Waals surface area contributed by atoms with Gasteiger partial charge in [0.2, 0.25) is 0 Å². The van der Waals surface area contributed by atoms with Gasteiger partial charge in [-0.15, -0.1) is 13.2 Å². The van der Waals surface area contributed by atoms with Gasteiger partial charge in [0, 0.05) is 0 Å². The van der Waals surface area contributed by atoms with E-state index in [-0.39, 0.29) is 0 Å². The van der Waals surface area contributed by atoms with Gasteiger partial charge in [-0.1, -0.05) is 0 Å². The average Bonchev–Trinajstić information content (AvgIpc) is 1.21. The van der Waals surface area contributed by atoms with Crippen molar-refractivity contribution < 1.29 is 26.5 Å². The van der Waals surface area contributed by atoms with Crippen LogP contribution in [0.1, 0.15) is 0 Å². The minimum absolute atomic E-state index is 2.10. The van der Waals surface area contributed by atoms with Gasteiger partial charge in [-0.05, 0) is 0 Å². The van der Waals surface area contributed by atoms with Crippen LogP contribution in [0.2, 0.25) is 0 Å². The van der Waals surface area contributed by atoms with Gasteiger partial charge in [-0.3, -0.25) is 13.3 Å². The quantitative estimate of drug-likeness (QED) is 0.389. The number of rotatable bonds is 1. The molecule has 0 aromatic heterocycles. The topological polar surface area (TPSA) is 9.23 Å². The molecule has 0 radical (unpaired) electrons. The highest BCUT2D eigenvalue weighted by Crippen LogP contribution is 2.17. The molecule has 48 valence electrons. The minimum Gasteiger partial charge on any atom is -0.290 e. The van der Waals surface area contributed by atoms with Gasteiger partial charge in [0.15, 0.2) is 0 Å². The van der Waals surface area contributed by atoms with Crippen molar-refractivity contribution in [2.45, 2.75) is 6.36 Å². The highest BCUT2D eigenvalue weighted by molar-refractivity contribution is 6.34. The van der Waals surface area contributed by atoms with E-state index in [4.69, 9.17) is 0 Å². The second-order valence-corrected chi connectivity index (χ2v) is 0.824. The van der Waals surface area contributed by atoms with Crippen molar-refractivity contribution in [1.82, 2.24) is 0 Å². The summed E-state index contributed by atoms with van der Waals surface area (Å²) in [5.41, 5.74) is 0. The van der Waals surface area contributed by atoms with Gasteiger partial charge < -0.3 is 0 Å². The van der Waals surface area contributed by atoms with Gasteiger partial charge in [-0.2, -0.15) is 0 Å². The Balaban J connectivity index is 3.39. The van der Waals surface area contributed by atoms with E-state index in [9.17, 15) is 21.8 Å². The molecule has 0 N–H and O–H groups in total. The first-order valence-electron chi connectivity index (χ1n) is 1.44. The van der Waals surface area contributed by atoms with E-state index < -0.39 is 13.8 Å². The van der Waals surface area contributed by atoms with Crippen LogP contribution >= 0.6 is 0 Å². The molecule has 0 aliphatic carbocycles. The van der Waals surface area contributed by atoms with Gasteiger partial charge in [0.05, 0.1) is 0 Å². The van der Waals surface area contributed by atoms with Gasteiger partial charge >= 0.3 is 13.8 Å². The van der Waals surface area contributed by atoms with Crippen LogP contribution in [0.15, 0.2) is 0 Å². The molecule has 0 fully saturated rings. The van der Waals surface area contributed by atoms with Crippen LogP contribution in [-0.2, 0) is 4.65 Å². The van der Waals surface area contributed by atoms with Crippen molar-refractivity contribution in [3.63, 3.8) is 0 Å². The van der Waals surface area contributed by atoms with Crippen molar-refractivity contribution in [1.29, 1.82) is 0 Å². The van der Waals surface area contributed by atoms with Crippen molar-refractivity contribution in [3.05, 3.63) is 0 Å². The van der Waals surface area contributed by atoms with E-state index in [0.29, 0.717) is 0 Å². The summed E-state index contributed by atoms with van der Waals surface area (Å²) >= 11 is 0. The molecule has 0 saturated heterocycles. The highest BCUT2D eigenvalue weighted by atomic mass is 19.4. The Morgan fingerprint density at radius 1 is 1.12 bits per heavy atom. The molecule has 0 aliphatic rings. The largest absolute Gasteiger partial charge is 0.727 e. The van der Waals surface area contributed by atoms with Crippen molar-refractivity contribution >= 4 is 7.47 Å². The van der Waals surface area contributed by atoms with E-state index in [1.165, 1.54) is 0 Å². The lowest BCUT2D eigenvalue weighted by Gasteiger charge is -2.01. The Bertz CT molecular complexity index is 67.3. The van der Waals surface area contributed by atoms with Crippen LogP contribution in [0.3, 0.4) is 0 Å². The lowest BCUT2D eigenvalue weighted by Crippen LogP contribution is -2.20. The average molecular weight is 134 g/mol. The maximum Gasteiger partial charge on any atom is 0.727 e. The number of halogens is 5. The van der Waals surface area contributed by atoms with Crippen LogP contribution < -0.4 is 0 Å². The smallest absolute Gasteiger partial charge is 0.290 e. The zero-order chi connectivity index (χ0) is 6.78. The van der Waals surface area contributed by atoms with Crippen LogP contribution in [0, 0.1) is 0 Å². The third-order valence-electron chi connectivity index (χ3n) is 0.223. The fraction of sp³-hybridized carbons (Fsp3) is 1.00. The first-order chi connectivity index (χ1) is 3.42. The van der Waals surface area contributed by atoms with Gasteiger partial charge in [0.1, 0.15) is 0 Å². The zero-order valence-corrected chi connectivity index (χ0v) is 3.38. The molecule has 1 nitrogen and oxygen atoms in total. The molecule has 0 amide bonds. The monoisotopic (exact) mass is 134 g/mol. The molecule has 7 heteroatoms. The Labute approximate surface area is 41.6 Å². The summed E-state index contributed by atoms with van der Waals surface area (Å²) in [6.45, 7) is 0. The van der Waals surface area contributed by atoms with E-state index in [2.05, 4.69) is 4.65 Å². The molecule has 0 bridgehead atoms. The summed E-state index contributed by atoms with van der Waals surface area (Å²) in [5.74, 6) is 0. The maximum atomic E-state index is 10.6. The highest BCUT2D eigenvalue weighted by Gasteiger charge is 2.37. The fourth-order valence-corrected chi connectivity index (χ4v) is 0.101. The van der Waals surface area contributed by atoms with Crippen LogP contribution in [0.25, 0.3) is 0 Å². The molecule has 0 heterocycles. The van der Waals surface area contributed by atoms with Crippen LogP contribution in [0.5, 0.6) is 0 Å². The lowest BCUT2D eigenvalue weighted by atomic mass is 10.4. The Morgan fingerprint density at radius 3 is 1.50 bits per heavy atom. The fourth-order valence-electron chi connectivity index (χ4n) is 0.101. The Morgan fingerprint density at radius 2 is 1.50 bits per heavy atom. The predicted molar refractivity (Wildman–Crippen MR) is 15.1 cm³/mol. The van der Waals surface area contributed by atoms with Gasteiger partial charge in [0.25, 0.3) is 0 Å². The predicted octanol–water partition coefficient (Wildman–Crippen LogP) is 1.45. The first-order valence-corrected chi connectivity index (χ1v) is 1.44. The standard InChI is InChI=1S/CBF5O/c3-1(4,5)8-2(6)7. The number of alkyl halides is 3. The molecule has 8 heavy (non-hydrogen) atoms. The van der Waals surface area contributed by atoms with Crippen LogP contribution in [-0.4, -0.2) is 13.8 Å². The Hall–Kier alpha value is -0.325. The SMILES string of the molecule is FB(F)OC(F)(F)F. The van der Waals surface area contributed by atoms with E-state index in [1.807, 2.05) is 0 Å².